The second-order valence-corrected chi connectivity index (χ2v) is 10.3. The smallest absolute Gasteiger partial charge is 0.232 e. The number of amides is 1. The van der Waals surface area contributed by atoms with Crippen molar-refractivity contribution in [3.05, 3.63) is 69.8 Å². The van der Waals surface area contributed by atoms with Gasteiger partial charge in [-0.15, -0.1) is 11.8 Å². The molecule has 0 bridgehead atoms. The van der Waals surface area contributed by atoms with Gasteiger partial charge in [0, 0.05) is 45.1 Å². The van der Waals surface area contributed by atoms with E-state index in [1.165, 1.54) is 4.90 Å². The molecule has 2 aromatic rings. The minimum Gasteiger partial charge on any atom is -0.294 e. The Kier molecular flexibility index (Phi) is 5.47. The van der Waals surface area contributed by atoms with Crippen LogP contribution >= 0.6 is 27.7 Å². The molecule has 1 aliphatic heterocycles. The van der Waals surface area contributed by atoms with Crippen molar-refractivity contribution in [3.63, 3.8) is 0 Å². The van der Waals surface area contributed by atoms with Gasteiger partial charge in [0.15, 0.2) is 5.78 Å². The highest BCUT2D eigenvalue weighted by atomic mass is 79.9. The molecule has 5 heteroatoms. The largest absolute Gasteiger partial charge is 0.294 e. The summed E-state index contributed by atoms with van der Waals surface area (Å²) in [4.78, 5) is 29.6. The minimum absolute atomic E-state index is 0.0514. The molecule has 2 aromatic carbocycles. The Bertz CT molecular complexity index is 993. The Morgan fingerprint density at radius 3 is 2.28 bits per heavy atom. The number of carbonyl (C=O) groups is 2. The topological polar surface area (TPSA) is 37.4 Å². The van der Waals surface area contributed by atoms with Crippen LogP contribution in [0.2, 0.25) is 0 Å². The van der Waals surface area contributed by atoms with Gasteiger partial charge in [-0.2, -0.15) is 0 Å². The average Bonchev–Trinajstić information content (AvgIpc) is 2.67. The molecule has 0 saturated heterocycles. The average molecular weight is 470 g/mol. The fraction of sp³-hybridized carbons (Fsp3) is 0.333. The first-order chi connectivity index (χ1) is 13.8. The Balaban J connectivity index is 1.85. The maximum absolute atomic E-state index is 13.3. The third kappa shape index (κ3) is 3.95. The van der Waals surface area contributed by atoms with E-state index in [-0.39, 0.29) is 23.0 Å². The van der Waals surface area contributed by atoms with Gasteiger partial charge < -0.3 is 0 Å². The molecular formula is C24H24BrNO2S. The van der Waals surface area contributed by atoms with Crippen LogP contribution in [0.3, 0.4) is 0 Å². The van der Waals surface area contributed by atoms with E-state index in [1.54, 1.807) is 16.7 Å². The molecule has 1 amide bonds. The quantitative estimate of drug-likeness (QED) is 0.492. The molecule has 1 unspecified atom stereocenters. The SMILES string of the molecule is CSc1ccc(C2CC(=O)N(c3ccc(Br)cc3)C3=C2C(=O)CC(C)(C)C3)cc1. The van der Waals surface area contributed by atoms with E-state index >= 15 is 0 Å². The molecule has 0 spiro atoms. The van der Waals surface area contributed by atoms with Gasteiger partial charge in [0.1, 0.15) is 0 Å². The number of hydrogen-bond acceptors (Lipinski definition) is 3. The predicted molar refractivity (Wildman–Crippen MR) is 122 cm³/mol. The van der Waals surface area contributed by atoms with E-state index in [0.29, 0.717) is 12.8 Å². The highest BCUT2D eigenvalue weighted by Gasteiger charge is 2.44. The summed E-state index contributed by atoms with van der Waals surface area (Å²) in [7, 11) is 0. The number of carbonyl (C=O) groups excluding carboxylic acids is 2. The Labute approximate surface area is 184 Å². The summed E-state index contributed by atoms with van der Waals surface area (Å²) < 4.78 is 0.965. The van der Waals surface area contributed by atoms with Crippen LogP contribution in [0, 0.1) is 5.41 Å². The summed E-state index contributed by atoms with van der Waals surface area (Å²) in [6.45, 7) is 4.21. The van der Waals surface area contributed by atoms with Gasteiger partial charge in [-0.1, -0.05) is 41.9 Å². The Morgan fingerprint density at radius 2 is 1.66 bits per heavy atom. The molecule has 4 rings (SSSR count). The molecular weight excluding hydrogens is 446 g/mol. The third-order valence-electron chi connectivity index (χ3n) is 5.75. The number of nitrogens with zero attached hydrogens (tertiary/aromatic N) is 1. The molecule has 0 radical (unpaired) electrons. The summed E-state index contributed by atoms with van der Waals surface area (Å²) in [6, 6.07) is 16.0. The number of thioether (sulfide) groups is 1. The van der Waals surface area contributed by atoms with Crippen LogP contribution in [0.5, 0.6) is 0 Å². The van der Waals surface area contributed by atoms with Crippen molar-refractivity contribution in [2.24, 2.45) is 5.41 Å². The van der Waals surface area contributed by atoms with Crippen LogP contribution in [0.4, 0.5) is 5.69 Å². The molecule has 1 aliphatic carbocycles. The van der Waals surface area contributed by atoms with Crippen LogP contribution in [0.25, 0.3) is 0 Å². The van der Waals surface area contributed by atoms with Crippen LogP contribution < -0.4 is 4.90 Å². The third-order valence-corrected chi connectivity index (χ3v) is 7.02. The van der Waals surface area contributed by atoms with Gasteiger partial charge in [0.25, 0.3) is 0 Å². The first-order valence-electron chi connectivity index (χ1n) is 9.78. The fourth-order valence-corrected chi connectivity index (χ4v) is 5.10. The van der Waals surface area contributed by atoms with Crippen molar-refractivity contribution < 1.29 is 9.59 Å². The van der Waals surface area contributed by atoms with E-state index in [0.717, 1.165) is 33.4 Å². The van der Waals surface area contributed by atoms with Crippen molar-refractivity contribution in [2.45, 2.75) is 43.9 Å². The predicted octanol–water partition coefficient (Wildman–Crippen LogP) is 6.33. The molecule has 3 nitrogen and oxygen atoms in total. The molecule has 150 valence electrons. The minimum atomic E-state index is -0.163. The lowest BCUT2D eigenvalue weighted by Gasteiger charge is -2.43. The van der Waals surface area contributed by atoms with Gasteiger partial charge in [0.2, 0.25) is 5.91 Å². The van der Waals surface area contributed by atoms with Crippen LogP contribution in [0.15, 0.2) is 69.2 Å². The van der Waals surface area contributed by atoms with Gasteiger partial charge in [-0.25, -0.2) is 0 Å². The maximum Gasteiger partial charge on any atom is 0.232 e. The molecule has 1 heterocycles. The number of rotatable bonds is 3. The van der Waals surface area contributed by atoms with Crippen molar-refractivity contribution in [2.75, 3.05) is 11.2 Å². The first kappa shape index (κ1) is 20.4. The zero-order valence-electron chi connectivity index (χ0n) is 16.9. The van der Waals surface area contributed by atoms with Crippen molar-refractivity contribution in [3.8, 4) is 0 Å². The highest BCUT2D eigenvalue weighted by molar-refractivity contribution is 9.10. The molecule has 2 aliphatic rings. The van der Waals surface area contributed by atoms with Crippen molar-refractivity contribution in [1.82, 2.24) is 0 Å². The van der Waals surface area contributed by atoms with Crippen LogP contribution in [-0.2, 0) is 9.59 Å². The van der Waals surface area contributed by atoms with Crippen molar-refractivity contribution in [1.29, 1.82) is 0 Å². The van der Waals surface area contributed by atoms with Crippen LogP contribution in [0.1, 0.15) is 44.6 Å². The van der Waals surface area contributed by atoms with E-state index < -0.39 is 0 Å². The normalized spacial score (nSPS) is 21.4. The van der Waals surface area contributed by atoms with E-state index in [4.69, 9.17) is 0 Å². The number of hydrogen-bond donors (Lipinski definition) is 0. The van der Waals surface area contributed by atoms with Gasteiger partial charge >= 0.3 is 0 Å². The summed E-state index contributed by atoms with van der Waals surface area (Å²) in [5.74, 6) is 0.0593. The van der Waals surface area contributed by atoms with Crippen molar-refractivity contribution >= 4 is 45.1 Å². The number of ketones is 1. The fourth-order valence-electron chi connectivity index (χ4n) is 4.43. The zero-order chi connectivity index (χ0) is 20.8. The Morgan fingerprint density at radius 1 is 1.00 bits per heavy atom. The van der Waals surface area contributed by atoms with Crippen LogP contribution in [-0.4, -0.2) is 17.9 Å². The summed E-state index contributed by atoms with van der Waals surface area (Å²) in [6.07, 6.45) is 3.60. The van der Waals surface area contributed by atoms with E-state index in [2.05, 4.69) is 54.0 Å². The van der Waals surface area contributed by atoms with Gasteiger partial charge in [-0.3, -0.25) is 14.5 Å². The molecule has 0 saturated carbocycles. The van der Waals surface area contributed by atoms with E-state index in [1.807, 2.05) is 30.5 Å². The molecule has 1 atom stereocenters. The second-order valence-electron chi connectivity index (χ2n) is 8.54. The maximum atomic E-state index is 13.3. The van der Waals surface area contributed by atoms with E-state index in [9.17, 15) is 9.59 Å². The monoisotopic (exact) mass is 469 g/mol. The number of halogens is 1. The lowest BCUT2D eigenvalue weighted by molar-refractivity contribution is -0.121. The number of benzene rings is 2. The Hall–Kier alpha value is -1.85. The molecule has 0 N–H and O–H groups in total. The standard InChI is InChI=1S/C24H24BrNO2S/c1-24(2)13-20-23(21(27)14-24)19(15-4-10-18(29-3)11-5-15)12-22(28)26(20)17-8-6-16(25)7-9-17/h4-11,19H,12-14H2,1-3H3. The summed E-state index contributed by atoms with van der Waals surface area (Å²) >= 11 is 5.15. The summed E-state index contributed by atoms with van der Waals surface area (Å²) in [5, 5.41) is 0. The van der Waals surface area contributed by atoms with Gasteiger partial charge in [-0.05, 0) is 60.1 Å². The van der Waals surface area contributed by atoms with Gasteiger partial charge in [0.05, 0.1) is 0 Å². The second kappa shape index (κ2) is 7.77. The lowest BCUT2D eigenvalue weighted by Crippen LogP contribution is -2.43. The molecule has 0 fully saturated rings. The summed E-state index contributed by atoms with van der Waals surface area (Å²) in [5.41, 5.74) is 3.42. The number of anilines is 1. The number of Topliss-reactive ketones (excluding diaryl/α,β-unsaturated/α-hetero) is 1. The zero-order valence-corrected chi connectivity index (χ0v) is 19.3. The number of allylic oxidation sites excluding steroid dienone is 2. The molecule has 29 heavy (non-hydrogen) atoms. The highest BCUT2D eigenvalue weighted by Crippen LogP contribution is 2.48. The lowest BCUT2D eigenvalue weighted by atomic mass is 9.69. The molecule has 0 aromatic heterocycles. The first-order valence-corrected chi connectivity index (χ1v) is 11.8.